The lowest BCUT2D eigenvalue weighted by Crippen LogP contribution is -2.41. The average Bonchev–Trinajstić information content (AvgIpc) is 3.34. The summed E-state index contributed by atoms with van der Waals surface area (Å²) in [6.07, 6.45) is 1.74. The summed E-state index contributed by atoms with van der Waals surface area (Å²) in [6.45, 7) is 5.80. The lowest BCUT2D eigenvalue weighted by atomic mass is 10.1. The molecule has 202 valence electrons. The third-order valence-corrected chi connectivity index (χ3v) is 6.99. The standard InChI is InChI=1S/C28H28Cl2N6O3/c1-18(37)33-22-13-19(28(38)31-7-8-35-9-11-39-12-10-35)15-23(16-22)36-26-6-5-21(14-20(26)17-32-36)34-27-24(29)3-2-4-25(27)30/h2-6,13-17,34H,7-12H2,1H3,(H,31,38)(H,33,37). The SMILES string of the molecule is CC(=O)Nc1cc(C(=O)NCCN2CCOCC2)cc(-n2ncc3cc(Nc4c(Cl)cccc4Cl)ccc32)c1. The van der Waals surface area contributed by atoms with Crippen LogP contribution < -0.4 is 16.0 Å². The summed E-state index contributed by atoms with van der Waals surface area (Å²) in [4.78, 5) is 27.1. The Morgan fingerprint density at radius 1 is 1.00 bits per heavy atom. The van der Waals surface area contributed by atoms with Gasteiger partial charge in [0.15, 0.2) is 0 Å². The van der Waals surface area contributed by atoms with Crippen molar-refractivity contribution in [2.75, 3.05) is 50.0 Å². The van der Waals surface area contributed by atoms with Crippen LogP contribution in [-0.2, 0) is 9.53 Å². The van der Waals surface area contributed by atoms with Gasteiger partial charge in [-0.1, -0.05) is 29.3 Å². The third kappa shape index (κ3) is 6.51. The first-order valence-corrected chi connectivity index (χ1v) is 13.3. The summed E-state index contributed by atoms with van der Waals surface area (Å²) in [5.74, 6) is -0.457. The van der Waals surface area contributed by atoms with Crippen LogP contribution in [0.1, 0.15) is 17.3 Å². The van der Waals surface area contributed by atoms with E-state index in [1.165, 1.54) is 6.92 Å². The van der Waals surface area contributed by atoms with Crippen LogP contribution in [0.5, 0.6) is 0 Å². The summed E-state index contributed by atoms with van der Waals surface area (Å²) in [5.41, 5.74) is 3.82. The molecule has 0 spiro atoms. The van der Waals surface area contributed by atoms with E-state index >= 15 is 0 Å². The normalized spacial score (nSPS) is 13.8. The number of rotatable bonds is 8. The van der Waals surface area contributed by atoms with E-state index in [1.54, 1.807) is 47.3 Å². The van der Waals surface area contributed by atoms with E-state index in [2.05, 4.69) is 25.9 Å². The molecule has 9 nitrogen and oxygen atoms in total. The molecule has 2 heterocycles. The van der Waals surface area contributed by atoms with E-state index in [9.17, 15) is 9.59 Å². The molecule has 0 bridgehead atoms. The Kier molecular flexibility index (Phi) is 8.33. The maximum Gasteiger partial charge on any atom is 0.251 e. The van der Waals surface area contributed by atoms with Crippen molar-refractivity contribution in [3.8, 4) is 5.69 Å². The molecule has 1 aliphatic rings. The number of nitrogens with one attached hydrogen (secondary N) is 3. The second-order valence-corrected chi connectivity index (χ2v) is 10.0. The molecule has 0 radical (unpaired) electrons. The highest BCUT2D eigenvalue weighted by molar-refractivity contribution is 6.39. The van der Waals surface area contributed by atoms with Gasteiger partial charge in [0, 0.05) is 55.4 Å². The first-order valence-electron chi connectivity index (χ1n) is 12.6. The van der Waals surface area contributed by atoms with Gasteiger partial charge in [-0.2, -0.15) is 5.10 Å². The average molecular weight is 567 g/mol. The zero-order valence-corrected chi connectivity index (χ0v) is 22.9. The number of ether oxygens (including phenoxy) is 1. The smallest absolute Gasteiger partial charge is 0.251 e. The van der Waals surface area contributed by atoms with Gasteiger partial charge in [-0.25, -0.2) is 4.68 Å². The summed E-state index contributed by atoms with van der Waals surface area (Å²) >= 11 is 12.6. The maximum atomic E-state index is 13.1. The van der Waals surface area contributed by atoms with E-state index in [4.69, 9.17) is 27.9 Å². The predicted octanol–water partition coefficient (Wildman–Crippen LogP) is 5.10. The molecule has 1 fully saturated rings. The number of nitrogens with zero attached hydrogens (tertiary/aromatic N) is 3. The molecule has 0 unspecified atom stereocenters. The molecule has 1 aromatic heterocycles. The van der Waals surface area contributed by atoms with Crippen LogP contribution in [0.15, 0.2) is 60.8 Å². The number of morpholine rings is 1. The molecule has 4 aromatic rings. The van der Waals surface area contributed by atoms with Crippen molar-refractivity contribution in [3.63, 3.8) is 0 Å². The second kappa shape index (κ2) is 12.0. The third-order valence-electron chi connectivity index (χ3n) is 6.36. The Bertz CT molecular complexity index is 1500. The highest BCUT2D eigenvalue weighted by Gasteiger charge is 2.15. The van der Waals surface area contributed by atoms with Crippen molar-refractivity contribution in [3.05, 3.63) is 76.4 Å². The number of halogens is 2. The Morgan fingerprint density at radius 3 is 2.51 bits per heavy atom. The summed E-state index contributed by atoms with van der Waals surface area (Å²) in [5, 5.41) is 15.5. The second-order valence-electron chi connectivity index (χ2n) is 9.21. The number of amides is 2. The molecule has 3 N–H and O–H groups in total. The van der Waals surface area contributed by atoms with Crippen molar-refractivity contribution in [2.45, 2.75) is 6.92 Å². The van der Waals surface area contributed by atoms with Gasteiger partial charge in [-0.15, -0.1) is 0 Å². The van der Waals surface area contributed by atoms with Gasteiger partial charge in [0.05, 0.1) is 46.3 Å². The lowest BCUT2D eigenvalue weighted by Gasteiger charge is -2.26. The van der Waals surface area contributed by atoms with E-state index < -0.39 is 0 Å². The zero-order chi connectivity index (χ0) is 27.4. The fraction of sp³-hybridized carbons (Fsp3) is 0.250. The fourth-order valence-corrected chi connectivity index (χ4v) is 4.96. The number of para-hydroxylation sites is 1. The van der Waals surface area contributed by atoms with Crippen LogP contribution in [0.25, 0.3) is 16.6 Å². The minimum absolute atomic E-state index is 0.226. The predicted molar refractivity (Wildman–Crippen MR) is 155 cm³/mol. The van der Waals surface area contributed by atoms with Crippen LogP contribution in [0.4, 0.5) is 17.1 Å². The van der Waals surface area contributed by atoms with E-state index in [1.807, 2.05) is 18.2 Å². The number of aromatic nitrogens is 2. The first kappa shape index (κ1) is 27.0. The molecule has 11 heteroatoms. The molecule has 1 saturated heterocycles. The summed E-state index contributed by atoms with van der Waals surface area (Å²) in [6, 6.07) is 16.3. The zero-order valence-electron chi connectivity index (χ0n) is 21.3. The van der Waals surface area contributed by atoms with Gasteiger partial charge in [-0.3, -0.25) is 14.5 Å². The monoisotopic (exact) mass is 566 g/mol. The van der Waals surface area contributed by atoms with E-state index in [-0.39, 0.29) is 11.8 Å². The fourth-order valence-electron chi connectivity index (χ4n) is 4.47. The van der Waals surface area contributed by atoms with E-state index in [0.29, 0.717) is 52.4 Å². The van der Waals surface area contributed by atoms with Crippen molar-refractivity contribution >= 4 is 63.0 Å². The molecule has 3 aromatic carbocycles. The Hall–Kier alpha value is -3.63. The van der Waals surface area contributed by atoms with Crippen LogP contribution in [0, 0.1) is 0 Å². The van der Waals surface area contributed by atoms with Crippen LogP contribution in [-0.4, -0.2) is 65.9 Å². The number of fused-ring (bicyclic) bond motifs is 1. The minimum atomic E-state index is -0.231. The largest absolute Gasteiger partial charge is 0.379 e. The van der Waals surface area contributed by atoms with Crippen molar-refractivity contribution in [1.82, 2.24) is 20.0 Å². The Labute approximate surface area is 236 Å². The molecule has 0 saturated carbocycles. The molecule has 5 rings (SSSR count). The van der Waals surface area contributed by atoms with Crippen LogP contribution >= 0.6 is 23.2 Å². The van der Waals surface area contributed by atoms with Gasteiger partial charge >= 0.3 is 0 Å². The number of hydrogen-bond donors (Lipinski definition) is 3. The summed E-state index contributed by atoms with van der Waals surface area (Å²) in [7, 11) is 0. The van der Waals surface area contributed by atoms with Crippen molar-refractivity contribution in [2.24, 2.45) is 0 Å². The first-order chi connectivity index (χ1) is 18.9. The van der Waals surface area contributed by atoms with Crippen LogP contribution in [0.3, 0.4) is 0 Å². The number of anilines is 3. The van der Waals surface area contributed by atoms with Crippen molar-refractivity contribution in [1.29, 1.82) is 0 Å². The number of carbonyl (C=O) groups excluding carboxylic acids is 2. The molecule has 0 atom stereocenters. The van der Waals surface area contributed by atoms with Gasteiger partial charge in [0.1, 0.15) is 0 Å². The quantitative estimate of drug-likeness (QED) is 0.274. The highest BCUT2D eigenvalue weighted by atomic mass is 35.5. The maximum absolute atomic E-state index is 13.1. The van der Waals surface area contributed by atoms with E-state index in [0.717, 1.165) is 36.2 Å². The molecule has 39 heavy (non-hydrogen) atoms. The molecular formula is C28H28Cl2N6O3. The minimum Gasteiger partial charge on any atom is -0.379 e. The Morgan fingerprint density at radius 2 is 1.77 bits per heavy atom. The van der Waals surface area contributed by atoms with Crippen LogP contribution in [0.2, 0.25) is 10.0 Å². The number of hydrogen-bond acceptors (Lipinski definition) is 6. The molecule has 2 amide bonds. The molecule has 1 aliphatic heterocycles. The molecular weight excluding hydrogens is 539 g/mol. The van der Waals surface area contributed by atoms with Gasteiger partial charge in [-0.05, 0) is 48.5 Å². The van der Waals surface area contributed by atoms with Gasteiger partial charge in [0.2, 0.25) is 5.91 Å². The lowest BCUT2D eigenvalue weighted by molar-refractivity contribution is -0.114. The van der Waals surface area contributed by atoms with Crippen molar-refractivity contribution < 1.29 is 14.3 Å². The Balaban J connectivity index is 1.39. The highest BCUT2D eigenvalue weighted by Crippen LogP contribution is 2.33. The van der Waals surface area contributed by atoms with Gasteiger partial charge in [0.25, 0.3) is 5.91 Å². The number of carbonyl (C=O) groups is 2. The topological polar surface area (TPSA) is 101 Å². The number of benzene rings is 3. The molecule has 0 aliphatic carbocycles. The van der Waals surface area contributed by atoms with Gasteiger partial charge < -0.3 is 20.7 Å². The summed E-state index contributed by atoms with van der Waals surface area (Å²) < 4.78 is 7.11.